The van der Waals surface area contributed by atoms with Crippen LogP contribution in [0.15, 0.2) is 18.2 Å². The lowest BCUT2D eigenvalue weighted by atomic mass is 10.0. The maximum atomic E-state index is 13.2. The van der Waals surface area contributed by atoms with Crippen LogP contribution >= 0.6 is 0 Å². The molecule has 1 aromatic rings. The lowest BCUT2D eigenvalue weighted by Gasteiger charge is -2.34. The van der Waals surface area contributed by atoms with E-state index in [-0.39, 0.29) is 18.0 Å². The van der Waals surface area contributed by atoms with Gasteiger partial charge in [-0.15, -0.1) is 0 Å². The van der Waals surface area contributed by atoms with Crippen molar-refractivity contribution in [3.05, 3.63) is 23.8 Å². The molecule has 0 bridgehead atoms. The van der Waals surface area contributed by atoms with Gasteiger partial charge in [0, 0.05) is 45.3 Å². The number of carbonyl (C=O) groups excluding carboxylic acids is 1. The van der Waals surface area contributed by atoms with Gasteiger partial charge in [0.05, 0.1) is 26.4 Å². The van der Waals surface area contributed by atoms with Crippen molar-refractivity contribution in [3.8, 4) is 11.5 Å². The van der Waals surface area contributed by atoms with E-state index in [9.17, 15) is 4.79 Å². The molecule has 2 fully saturated rings. The maximum Gasteiger partial charge on any atom is 0.253 e. The van der Waals surface area contributed by atoms with Crippen LogP contribution in [-0.4, -0.2) is 70.1 Å². The molecule has 0 aromatic heterocycles. The minimum Gasteiger partial charge on any atom is -0.497 e. The van der Waals surface area contributed by atoms with E-state index < -0.39 is 6.10 Å². The molecular formula is C21H32N2O5. The lowest BCUT2D eigenvalue weighted by Crippen LogP contribution is -2.50. The molecule has 1 aromatic carbocycles. The van der Waals surface area contributed by atoms with Crippen LogP contribution in [0.4, 0.5) is 0 Å². The van der Waals surface area contributed by atoms with Crippen LogP contribution in [0, 0.1) is 0 Å². The Kier molecular flexibility index (Phi) is 7.53. The molecule has 1 heterocycles. The minimum absolute atomic E-state index is 0.0626. The van der Waals surface area contributed by atoms with Gasteiger partial charge in [0.2, 0.25) is 0 Å². The predicted molar refractivity (Wildman–Crippen MR) is 106 cm³/mol. The van der Waals surface area contributed by atoms with E-state index in [0.717, 1.165) is 42.9 Å². The van der Waals surface area contributed by atoms with Gasteiger partial charge in [-0.25, -0.2) is 0 Å². The number of hydrogen-bond acceptors (Lipinski definition) is 6. The Morgan fingerprint density at radius 2 is 2.04 bits per heavy atom. The van der Waals surface area contributed by atoms with E-state index in [4.69, 9.17) is 18.9 Å². The van der Waals surface area contributed by atoms with Gasteiger partial charge in [0.25, 0.3) is 5.91 Å². The van der Waals surface area contributed by atoms with Gasteiger partial charge in [-0.3, -0.25) is 4.79 Å². The molecule has 1 saturated heterocycles. The molecule has 1 saturated carbocycles. The molecular weight excluding hydrogens is 360 g/mol. The lowest BCUT2D eigenvalue weighted by molar-refractivity contribution is -0.148. The molecule has 2 aliphatic rings. The van der Waals surface area contributed by atoms with Gasteiger partial charge in [-0.05, 0) is 37.5 Å². The average molecular weight is 392 g/mol. The third-order valence-electron chi connectivity index (χ3n) is 5.20. The number of nitrogens with zero attached hydrogens (tertiary/aromatic N) is 1. The summed E-state index contributed by atoms with van der Waals surface area (Å²) in [6.07, 6.45) is 2.49. The molecule has 7 heteroatoms. The number of carbonyl (C=O) groups is 1. The van der Waals surface area contributed by atoms with E-state index in [0.29, 0.717) is 26.4 Å². The number of rotatable bonds is 10. The van der Waals surface area contributed by atoms with Crippen LogP contribution in [0.3, 0.4) is 0 Å². The summed E-state index contributed by atoms with van der Waals surface area (Å²) in [4.78, 5) is 15.1. The predicted octanol–water partition coefficient (Wildman–Crippen LogP) is 2.15. The highest BCUT2D eigenvalue weighted by atomic mass is 16.5. The molecule has 2 atom stereocenters. The smallest absolute Gasteiger partial charge is 0.253 e. The van der Waals surface area contributed by atoms with Crippen molar-refractivity contribution in [2.45, 2.75) is 44.4 Å². The molecule has 1 N–H and O–H groups in total. The zero-order valence-electron chi connectivity index (χ0n) is 17.1. The molecule has 7 nitrogen and oxygen atoms in total. The molecule has 3 rings (SSSR count). The van der Waals surface area contributed by atoms with Crippen LogP contribution in [0.25, 0.3) is 0 Å². The van der Waals surface area contributed by atoms with Gasteiger partial charge >= 0.3 is 0 Å². The number of benzene rings is 1. The van der Waals surface area contributed by atoms with Crippen molar-refractivity contribution in [2.75, 3.05) is 47.1 Å². The summed E-state index contributed by atoms with van der Waals surface area (Å²) in [6, 6.07) is 6.06. The van der Waals surface area contributed by atoms with Crippen molar-refractivity contribution in [3.63, 3.8) is 0 Å². The molecule has 156 valence electrons. The fourth-order valence-electron chi connectivity index (χ4n) is 3.52. The Morgan fingerprint density at radius 3 is 2.68 bits per heavy atom. The van der Waals surface area contributed by atoms with Crippen LogP contribution in [0.5, 0.6) is 11.5 Å². The van der Waals surface area contributed by atoms with Crippen LogP contribution in [0.2, 0.25) is 0 Å². The quantitative estimate of drug-likeness (QED) is 0.616. The topological polar surface area (TPSA) is 69.3 Å². The molecule has 1 aliphatic heterocycles. The Bertz CT molecular complexity index is 644. The summed E-state index contributed by atoms with van der Waals surface area (Å²) in [6.45, 7) is 5.23. The number of methoxy groups -OCH3 is 2. The highest BCUT2D eigenvalue weighted by molar-refractivity contribution is 5.82. The van der Waals surface area contributed by atoms with Crippen LogP contribution in [-0.2, 0) is 14.3 Å². The third-order valence-corrected chi connectivity index (χ3v) is 5.20. The number of ether oxygens (including phenoxy) is 4. The number of amides is 1. The summed E-state index contributed by atoms with van der Waals surface area (Å²) in [5, 5.41) is 3.25. The Hall–Kier alpha value is -1.83. The van der Waals surface area contributed by atoms with Crippen molar-refractivity contribution >= 4 is 5.91 Å². The minimum atomic E-state index is -0.410. The zero-order chi connectivity index (χ0) is 19.9. The normalized spacial score (nSPS) is 20.5. The summed E-state index contributed by atoms with van der Waals surface area (Å²) >= 11 is 0. The Balaban J connectivity index is 1.75. The van der Waals surface area contributed by atoms with E-state index >= 15 is 0 Å². The molecule has 0 spiro atoms. The highest BCUT2D eigenvalue weighted by Gasteiger charge is 2.40. The van der Waals surface area contributed by atoms with E-state index in [1.54, 1.807) is 14.2 Å². The largest absolute Gasteiger partial charge is 0.497 e. The molecule has 1 amide bonds. The second-order valence-corrected chi connectivity index (χ2v) is 7.35. The first kappa shape index (κ1) is 20.9. The summed E-state index contributed by atoms with van der Waals surface area (Å²) in [7, 11) is 3.32. The first-order valence-corrected chi connectivity index (χ1v) is 10.1. The summed E-state index contributed by atoms with van der Waals surface area (Å²) < 4.78 is 22.1. The Morgan fingerprint density at radius 1 is 1.25 bits per heavy atom. The highest BCUT2D eigenvalue weighted by Crippen LogP contribution is 2.37. The fourth-order valence-corrected chi connectivity index (χ4v) is 3.52. The molecule has 0 radical (unpaired) electrons. The first-order chi connectivity index (χ1) is 13.6. The van der Waals surface area contributed by atoms with E-state index in [2.05, 4.69) is 12.2 Å². The Labute approximate surface area is 167 Å². The van der Waals surface area contributed by atoms with Gasteiger partial charge in [-0.1, -0.05) is 0 Å². The van der Waals surface area contributed by atoms with E-state index in [1.165, 1.54) is 0 Å². The number of hydrogen-bond donors (Lipinski definition) is 1. The second-order valence-electron chi connectivity index (χ2n) is 7.35. The second kappa shape index (κ2) is 10.1. The third kappa shape index (κ3) is 5.37. The number of nitrogens with one attached hydrogen (secondary N) is 1. The fraction of sp³-hybridized carbons (Fsp3) is 0.667. The van der Waals surface area contributed by atoms with Crippen LogP contribution in [0.1, 0.15) is 37.8 Å². The zero-order valence-corrected chi connectivity index (χ0v) is 17.1. The van der Waals surface area contributed by atoms with Crippen molar-refractivity contribution in [1.29, 1.82) is 0 Å². The molecule has 28 heavy (non-hydrogen) atoms. The first-order valence-electron chi connectivity index (χ1n) is 10.1. The average Bonchev–Trinajstić information content (AvgIpc) is 3.56. The van der Waals surface area contributed by atoms with Gasteiger partial charge in [0.15, 0.2) is 0 Å². The van der Waals surface area contributed by atoms with Crippen LogP contribution < -0.4 is 14.8 Å². The maximum absolute atomic E-state index is 13.2. The van der Waals surface area contributed by atoms with Gasteiger partial charge in [-0.2, -0.15) is 0 Å². The van der Waals surface area contributed by atoms with Gasteiger partial charge < -0.3 is 29.2 Å². The summed E-state index contributed by atoms with van der Waals surface area (Å²) in [5.41, 5.74) is 1.00. The standard InChI is InChI=1S/C21H32N2O5/c1-15(23(17-5-6-17)21(24)20-14-22-7-10-28-20)16-11-18(26-3)13-19(12-16)27-9-4-8-25-2/h11-13,15,17,20,22H,4-10,14H2,1-3H3/t15-,20+/m0/s1. The molecule has 1 aliphatic carbocycles. The number of morpholine rings is 1. The summed E-state index contributed by atoms with van der Waals surface area (Å²) in [5.74, 6) is 1.54. The van der Waals surface area contributed by atoms with Crippen molar-refractivity contribution in [1.82, 2.24) is 10.2 Å². The van der Waals surface area contributed by atoms with Crippen molar-refractivity contribution < 1.29 is 23.7 Å². The van der Waals surface area contributed by atoms with Gasteiger partial charge in [0.1, 0.15) is 17.6 Å². The van der Waals surface area contributed by atoms with E-state index in [1.807, 2.05) is 23.1 Å². The SMILES string of the molecule is COCCCOc1cc(OC)cc([C@H](C)N(C(=O)[C@H]2CNCCO2)C2CC2)c1. The molecule has 0 unspecified atom stereocenters. The van der Waals surface area contributed by atoms with Crippen molar-refractivity contribution in [2.24, 2.45) is 0 Å². The monoisotopic (exact) mass is 392 g/mol.